The molecule has 0 bridgehead atoms. The van der Waals surface area contributed by atoms with Gasteiger partial charge >= 0.3 is 0 Å². The second kappa shape index (κ2) is 6.97. The SMILES string of the molecule is CCSCC(C)NS(=O)(=O)C(C)CNC1CC1. The van der Waals surface area contributed by atoms with Gasteiger partial charge < -0.3 is 5.32 Å². The Morgan fingerprint density at radius 1 is 1.35 bits per heavy atom. The minimum Gasteiger partial charge on any atom is -0.313 e. The summed E-state index contributed by atoms with van der Waals surface area (Å²) < 4.78 is 26.7. The van der Waals surface area contributed by atoms with Crippen molar-refractivity contribution in [2.75, 3.05) is 18.1 Å². The van der Waals surface area contributed by atoms with E-state index in [1.54, 1.807) is 18.7 Å². The molecule has 0 aliphatic heterocycles. The molecular weight excluding hydrogens is 256 g/mol. The fourth-order valence-electron chi connectivity index (χ4n) is 1.46. The summed E-state index contributed by atoms with van der Waals surface area (Å²) in [6, 6.07) is 0.564. The summed E-state index contributed by atoms with van der Waals surface area (Å²) in [4.78, 5) is 0. The van der Waals surface area contributed by atoms with Crippen LogP contribution >= 0.6 is 11.8 Å². The van der Waals surface area contributed by atoms with Crippen molar-refractivity contribution in [2.45, 2.75) is 50.9 Å². The number of hydrogen-bond donors (Lipinski definition) is 2. The molecule has 0 aromatic heterocycles. The van der Waals surface area contributed by atoms with E-state index < -0.39 is 10.0 Å². The van der Waals surface area contributed by atoms with Gasteiger partial charge in [-0.3, -0.25) is 0 Å². The van der Waals surface area contributed by atoms with Crippen LogP contribution in [0, 0.1) is 0 Å². The quantitative estimate of drug-likeness (QED) is 0.666. The summed E-state index contributed by atoms with van der Waals surface area (Å²) in [7, 11) is -3.18. The van der Waals surface area contributed by atoms with Gasteiger partial charge in [-0.1, -0.05) is 6.92 Å². The fraction of sp³-hybridized carbons (Fsp3) is 1.00. The van der Waals surface area contributed by atoms with Gasteiger partial charge in [-0.25, -0.2) is 13.1 Å². The lowest BCUT2D eigenvalue weighted by atomic mass is 10.4. The molecule has 0 heterocycles. The molecule has 1 aliphatic rings. The van der Waals surface area contributed by atoms with Gasteiger partial charge in [-0.2, -0.15) is 11.8 Å². The van der Waals surface area contributed by atoms with E-state index in [-0.39, 0.29) is 11.3 Å². The summed E-state index contributed by atoms with van der Waals surface area (Å²) in [5.41, 5.74) is 0. The van der Waals surface area contributed by atoms with Crippen LogP contribution in [0.1, 0.15) is 33.6 Å². The molecule has 2 atom stereocenters. The molecule has 2 N–H and O–H groups in total. The molecule has 0 aromatic carbocycles. The van der Waals surface area contributed by atoms with Gasteiger partial charge in [-0.05, 0) is 32.4 Å². The maximum Gasteiger partial charge on any atom is 0.215 e. The number of thioether (sulfide) groups is 1. The maximum absolute atomic E-state index is 12.0. The molecule has 0 spiro atoms. The average Bonchev–Trinajstić information content (AvgIpc) is 3.06. The molecule has 0 aromatic rings. The minimum atomic E-state index is -3.18. The van der Waals surface area contributed by atoms with E-state index >= 15 is 0 Å². The Labute approximate surface area is 109 Å². The third-order valence-electron chi connectivity index (χ3n) is 2.74. The van der Waals surface area contributed by atoms with E-state index in [9.17, 15) is 8.42 Å². The highest BCUT2D eigenvalue weighted by molar-refractivity contribution is 7.99. The smallest absolute Gasteiger partial charge is 0.215 e. The Kier molecular flexibility index (Phi) is 6.26. The lowest BCUT2D eigenvalue weighted by molar-refractivity contribution is 0.548. The van der Waals surface area contributed by atoms with Gasteiger partial charge in [0.1, 0.15) is 0 Å². The summed E-state index contributed by atoms with van der Waals surface area (Å²) >= 11 is 1.75. The van der Waals surface area contributed by atoms with Crippen molar-refractivity contribution in [2.24, 2.45) is 0 Å². The number of nitrogens with one attached hydrogen (secondary N) is 2. The van der Waals surface area contributed by atoms with Crippen molar-refractivity contribution < 1.29 is 8.42 Å². The Hall–Kier alpha value is 0.220. The second-order valence-electron chi connectivity index (χ2n) is 4.72. The Balaban J connectivity index is 2.31. The van der Waals surface area contributed by atoms with Crippen molar-refractivity contribution in [3.8, 4) is 0 Å². The van der Waals surface area contributed by atoms with Crippen molar-refractivity contribution >= 4 is 21.8 Å². The van der Waals surface area contributed by atoms with Crippen LogP contribution in [0.3, 0.4) is 0 Å². The molecule has 6 heteroatoms. The molecule has 2 unspecified atom stereocenters. The van der Waals surface area contributed by atoms with Gasteiger partial charge in [0.05, 0.1) is 5.25 Å². The summed E-state index contributed by atoms with van der Waals surface area (Å²) in [6.45, 7) is 6.31. The van der Waals surface area contributed by atoms with Crippen LogP contribution in [0.5, 0.6) is 0 Å². The first-order valence-electron chi connectivity index (χ1n) is 6.28. The zero-order valence-electron chi connectivity index (χ0n) is 10.9. The predicted octanol–water partition coefficient (Wildman–Crippen LogP) is 1.19. The van der Waals surface area contributed by atoms with E-state index in [0.29, 0.717) is 12.6 Å². The largest absolute Gasteiger partial charge is 0.313 e. The van der Waals surface area contributed by atoms with Crippen molar-refractivity contribution in [1.82, 2.24) is 10.0 Å². The summed E-state index contributed by atoms with van der Waals surface area (Å²) in [6.07, 6.45) is 2.37. The normalized spacial score (nSPS) is 20.2. The fourth-order valence-corrected chi connectivity index (χ4v) is 3.43. The van der Waals surface area contributed by atoms with Crippen LogP contribution in [-0.4, -0.2) is 43.8 Å². The van der Waals surface area contributed by atoms with Crippen molar-refractivity contribution in [3.05, 3.63) is 0 Å². The standard InChI is InChI=1S/C11H24N2O2S2/c1-4-16-8-9(2)13-17(14,15)10(3)7-12-11-5-6-11/h9-13H,4-8H2,1-3H3. The third kappa shape index (κ3) is 6.08. The molecule has 4 nitrogen and oxygen atoms in total. The van der Waals surface area contributed by atoms with Crippen molar-refractivity contribution in [1.29, 1.82) is 0 Å². The summed E-state index contributed by atoms with van der Waals surface area (Å²) in [5, 5.41) is 2.89. The van der Waals surface area contributed by atoms with Crippen LogP contribution in [-0.2, 0) is 10.0 Å². The third-order valence-corrected chi connectivity index (χ3v) is 5.84. The van der Waals surface area contributed by atoms with Gasteiger partial charge in [0.25, 0.3) is 0 Å². The van der Waals surface area contributed by atoms with E-state index in [1.807, 2.05) is 6.92 Å². The topological polar surface area (TPSA) is 58.2 Å². The Morgan fingerprint density at radius 2 is 2.00 bits per heavy atom. The molecular formula is C11H24N2O2S2. The van der Waals surface area contributed by atoms with Crippen LogP contribution in [0.25, 0.3) is 0 Å². The van der Waals surface area contributed by atoms with Gasteiger partial charge in [0.15, 0.2) is 0 Å². The highest BCUT2D eigenvalue weighted by atomic mass is 32.2. The highest BCUT2D eigenvalue weighted by Gasteiger charge is 2.26. The Morgan fingerprint density at radius 3 is 2.53 bits per heavy atom. The lowest BCUT2D eigenvalue weighted by Crippen LogP contribution is -2.43. The maximum atomic E-state index is 12.0. The van der Waals surface area contributed by atoms with Crippen LogP contribution in [0.15, 0.2) is 0 Å². The van der Waals surface area contributed by atoms with E-state index in [2.05, 4.69) is 17.0 Å². The van der Waals surface area contributed by atoms with E-state index in [0.717, 1.165) is 11.5 Å². The monoisotopic (exact) mass is 280 g/mol. The molecule has 0 radical (unpaired) electrons. The zero-order chi connectivity index (χ0) is 12.9. The Bertz CT molecular complexity index is 315. The molecule has 0 amide bonds. The number of hydrogen-bond acceptors (Lipinski definition) is 4. The minimum absolute atomic E-state index is 0.00771. The molecule has 102 valence electrons. The van der Waals surface area contributed by atoms with Crippen LogP contribution in [0.4, 0.5) is 0 Å². The predicted molar refractivity (Wildman–Crippen MR) is 75.0 cm³/mol. The van der Waals surface area contributed by atoms with Crippen LogP contribution < -0.4 is 10.0 Å². The molecule has 1 saturated carbocycles. The summed E-state index contributed by atoms with van der Waals surface area (Å²) in [5.74, 6) is 1.85. The molecule has 1 fully saturated rings. The number of rotatable bonds is 9. The van der Waals surface area contributed by atoms with Gasteiger partial charge in [0, 0.05) is 24.4 Å². The lowest BCUT2D eigenvalue weighted by Gasteiger charge is -2.18. The number of sulfonamides is 1. The molecule has 1 rings (SSSR count). The first-order chi connectivity index (χ1) is 7.95. The van der Waals surface area contributed by atoms with Crippen LogP contribution in [0.2, 0.25) is 0 Å². The highest BCUT2D eigenvalue weighted by Crippen LogP contribution is 2.18. The average molecular weight is 280 g/mol. The van der Waals surface area contributed by atoms with E-state index in [1.165, 1.54) is 12.8 Å². The molecule has 0 saturated heterocycles. The second-order valence-corrected chi connectivity index (χ2v) is 8.17. The first-order valence-corrected chi connectivity index (χ1v) is 8.98. The molecule has 1 aliphatic carbocycles. The van der Waals surface area contributed by atoms with Gasteiger partial charge in [-0.15, -0.1) is 0 Å². The zero-order valence-corrected chi connectivity index (χ0v) is 12.5. The van der Waals surface area contributed by atoms with Gasteiger partial charge in [0.2, 0.25) is 10.0 Å². The van der Waals surface area contributed by atoms with Crippen molar-refractivity contribution in [3.63, 3.8) is 0 Å². The first kappa shape index (κ1) is 15.3. The molecule has 17 heavy (non-hydrogen) atoms. The van der Waals surface area contributed by atoms with E-state index in [4.69, 9.17) is 0 Å².